The summed E-state index contributed by atoms with van der Waals surface area (Å²) >= 11 is 6.04. The van der Waals surface area contributed by atoms with Crippen molar-refractivity contribution < 1.29 is 0 Å². The largest absolute Gasteiger partial charge is 0.378 e. The Balaban J connectivity index is 1.97. The number of halogens is 1. The molecule has 0 aliphatic rings. The van der Waals surface area contributed by atoms with Crippen LogP contribution in [0.4, 0.5) is 5.69 Å². The molecule has 0 aliphatic carbocycles. The van der Waals surface area contributed by atoms with Gasteiger partial charge in [0.05, 0.1) is 12.1 Å². The van der Waals surface area contributed by atoms with E-state index in [-0.39, 0.29) is 5.56 Å². The van der Waals surface area contributed by atoms with E-state index >= 15 is 0 Å². The molecule has 0 amide bonds. The molecule has 0 radical (unpaired) electrons. The molecule has 146 valence electrons. The van der Waals surface area contributed by atoms with Crippen molar-refractivity contribution in [2.24, 2.45) is 0 Å². The summed E-state index contributed by atoms with van der Waals surface area (Å²) in [6.07, 6.45) is 0. The predicted molar refractivity (Wildman–Crippen MR) is 123 cm³/mol. The van der Waals surface area contributed by atoms with Gasteiger partial charge in [-0.25, -0.2) is 0 Å². The quantitative estimate of drug-likeness (QED) is 0.410. The minimum atomic E-state index is -0.0106. The first kappa shape index (κ1) is 19.3. The highest BCUT2D eigenvalue weighted by molar-refractivity contribution is 6.17. The zero-order valence-electron chi connectivity index (χ0n) is 16.6. The van der Waals surface area contributed by atoms with Gasteiger partial charge in [-0.3, -0.25) is 4.79 Å². The monoisotopic (exact) mass is 402 g/mol. The van der Waals surface area contributed by atoms with Gasteiger partial charge >= 0.3 is 0 Å². The smallest absolute Gasteiger partial charge is 0.251 e. The van der Waals surface area contributed by atoms with Crippen LogP contribution in [0, 0.1) is 0 Å². The van der Waals surface area contributed by atoms with E-state index in [0.29, 0.717) is 12.4 Å². The van der Waals surface area contributed by atoms with Gasteiger partial charge in [-0.15, -0.1) is 11.6 Å². The normalized spacial score (nSPS) is 11.0. The van der Waals surface area contributed by atoms with Crippen molar-refractivity contribution in [3.8, 4) is 11.1 Å². The lowest BCUT2D eigenvalue weighted by molar-refractivity contribution is 0.795. The summed E-state index contributed by atoms with van der Waals surface area (Å²) in [4.78, 5) is 15.2. The van der Waals surface area contributed by atoms with E-state index in [4.69, 9.17) is 11.6 Å². The molecule has 1 aromatic heterocycles. The fourth-order valence-electron chi connectivity index (χ4n) is 3.64. The summed E-state index contributed by atoms with van der Waals surface area (Å²) in [5.74, 6) is 0.446. The molecule has 4 heteroatoms. The van der Waals surface area contributed by atoms with Gasteiger partial charge in [-0.2, -0.15) is 0 Å². The highest BCUT2D eigenvalue weighted by atomic mass is 35.5. The van der Waals surface area contributed by atoms with Crippen LogP contribution in [0.25, 0.3) is 22.0 Å². The van der Waals surface area contributed by atoms with E-state index in [0.717, 1.165) is 38.8 Å². The van der Waals surface area contributed by atoms with E-state index < -0.39 is 0 Å². The zero-order valence-corrected chi connectivity index (χ0v) is 17.4. The molecule has 3 nitrogen and oxygen atoms in total. The molecule has 4 rings (SSSR count). The first-order valence-corrected chi connectivity index (χ1v) is 10.1. The molecule has 1 heterocycles. The first-order chi connectivity index (χ1) is 14.1. The topological polar surface area (TPSA) is 25.2 Å². The van der Waals surface area contributed by atoms with Crippen molar-refractivity contribution in [2.75, 3.05) is 19.0 Å². The Hall–Kier alpha value is -3.04. The second-order valence-corrected chi connectivity index (χ2v) is 7.67. The number of hydrogen-bond donors (Lipinski definition) is 0. The molecule has 4 aromatic rings. The second-order valence-electron chi connectivity index (χ2n) is 7.40. The lowest BCUT2D eigenvalue weighted by Crippen LogP contribution is -2.21. The Morgan fingerprint density at radius 3 is 2.34 bits per heavy atom. The van der Waals surface area contributed by atoms with E-state index in [1.165, 1.54) is 0 Å². The number of aromatic nitrogens is 1. The predicted octanol–water partition coefficient (Wildman–Crippen LogP) is 5.52. The molecule has 0 spiro atoms. The van der Waals surface area contributed by atoms with Crippen LogP contribution in [0.15, 0.2) is 83.7 Å². The molecule has 29 heavy (non-hydrogen) atoms. The van der Waals surface area contributed by atoms with Gasteiger partial charge in [0.25, 0.3) is 5.56 Å². The minimum absolute atomic E-state index is 0.0106. The van der Waals surface area contributed by atoms with Crippen LogP contribution in [0.3, 0.4) is 0 Å². The third-order valence-electron chi connectivity index (χ3n) is 5.19. The highest BCUT2D eigenvalue weighted by Crippen LogP contribution is 2.30. The zero-order chi connectivity index (χ0) is 20.4. The van der Waals surface area contributed by atoms with E-state index in [9.17, 15) is 4.79 Å². The molecular formula is C25H23ClN2O. The van der Waals surface area contributed by atoms with Crippen LogP contribution < -0.4 is 10.5 Å². The number of benzene rings is 3. The van der Waals surface area contributed by atoms with Crippen molar-refractivity contribution in [1.29, 1.82) is 0 Å². The summed E-state index contributed by atoms with van der Waals surface area (Å²) in [6.45, 7) is 0.537. The van der Waals surface area contributed by atoms with Crippen LogP contribution in [0.5, 0.6) is 0 Å². The van der Waals surface area contributed by atoms with Crippen LogP contribution in [-0.4, -0.2) is 18.7 Å². The van der Waals surface area contributed by atoms with Gasteiger partial charge in [-0.05, 0) is 40.5 Å². The number of nitrogens with zero attached hydrogens (tertiary/aromatic N) is 2. The molecule has 0 fully saturated rings. The Morgan fingerprint density at radius 2 is 1.62 bits per heavy atom. The summed E-state index contributed by atoms with van der Waals surface area (Å²) < 4.78 is 1.85. The van der Waals surface area contributed by atoms with Gasteiger partial charge in [0, 0.05) is 37.1 Å². The number of anilines is 1. The van der Waals surface area contributed by atoms with E-state index in [2.05, 4.69) is 29.2 Å². The highest BCUT2D eigenvalue weighted by Gasteiger charge is 2.13. The van der Waals surface area contributed by atoms with Gasteiger partial charge in [-0.1, -0.05) is 54.6 Å². The van der Waals surface area contributed by atoms with Crippen molar-refractivity contribution in [1.82, 2.24) is 4.57 Å². The molecule has 0 N–H and O–H groups in total. The number of alkyl halides is 1. The van der Waals surface area contributed by atoms with E-state index in [1.807, 2.05) is 67.2 Å². The maximum Gasteiger partial charge on any atom is 0.251 e. The maximum atomic E-state index is 13.2. The summed E-state index contributed by atoms with van der Waals surface area (Å²) in [5.41, 5.74) is 6.06. The van der Waals surface area contributed by atoms with Gasteiger partial charge in [0.1, 0.15) is 0 Å². The number of hydrogen-bond acceptors (Lipinski definition) is 2. The third kappa shape index (κ3) is 3.92. The third-order valence-corrected chi connectivity index (χ3v) is 5.50. The Labute approximate surface area is 175 Å². The summed E-state index contributed by atoms with van der Waals surface area (Å²) in [6, 6.07) is 26.2. The van der Waals surface area contributed by atoms with Crippen molar-refractivity contribution in [3.05, 3.63) is 100 Å². The first-order valence-electron chi connectivity index (χ1n) is 9.61. The average Bonchev–Trinajstić information content (AvgIpc) is 2.75. The average molecular weight is 403 g/mol. The number of rotatable bonds is 5. The van der Waals surface area contributed by atoms with Crippen LogP contribution in [-0.2, 0) is 12.4 Å². The molecule has 0 aliphatic heterocycles. The number of fused-ring (bicyclic) bond motifs is 1. The summed E-state index contributed by atoms with van der Waals surface area (Å²) in [5, 5.41) is 1.05. The maximum absolute atomic E-state index is 13.2. The fraction of sp³-hybridized carbons (Fsp3) is 0.160. The van der Waals surface area contributed by atoms with Crippen LogP contribution in [0.1, 0.15) is 11.1 Å². The lowest BCUT2D eigenvalue weighted by Gasteiger charge is -2.18. The molecule has 0 atom stereocenters. The van der Waals surface area contributed by atoms with Crippen molar-refractivity contribution in [3.63, 3.8) is 0 Å². The molecule has 3 aromatic carbocycles. The number of pyridine rings is 1. The SMILES string of the molecule is CN(C)c1ccc2c(-c3cccc(CCl)c3)cc(=O)n(Cc3ccccc3)c2c1. The van der Waals surface area contributed by atoms with Crippen molar-refractivity contribution >= 4 is 28.2 Å². The fourth-order valence-corrected chi connectivity index (χ4v) is 3.80. The Kier molecular flexibility index (Phi) is 5.41. The van der Waals surface area contributed by atoms with Gasteiger partial charge in [0.2, 0.25) is 0 Å². The lowest BCUT2D eigenvalue weighted by atomic mass is 9.99. The van der Waals surface area contributed by atoms with E-state index in [1.54, 1.807) is 6.07 Å². The molecule has 0 unspecified atom stereocenters. The Bertz CT molecular complexity index is 1210. The van der Waals surface area contributed by atoms with Gasteiger partial charge < -0.3 is 9.47 Å². The van der Waals surface area contributed by atoms with Crippen LogP contribution in [0.2, 0.25) is 0 Å². The molecule has 0 saturated heterocycles. The summed E-state index contributed by atoms with van der Waals surface area (Å²) in [7, 11) is 4.02. The molecule has 0 saturated carbocycles. The van der Waals surface area contributed by atoms with Gasteiger partial charge in [0.15, 0.2) is 0 Å². The second kappa shape index (κ2) is 8.14. The standard InChI is InChI=1S/C25H23ClN2O/c1-27(2)21-11-12-22-23(20-10-6-9-19(13-20)16-26)15-25(29)28(24(22)14-21)17-18-7-4-3-5-8-18/h3-15H,16-17H2,1-2H3. The Morgan fingerprint density at radius 1 is 0.862 bits per heavy atom. The molecule has 0 bridgehead atoms. The van der Waals surface area contributed by atoms with Crippen molar-refractivity contribution in [2.45, 2.75) is 12.4 Å². The minimum Gasteiger partial charge on any atom is -0.378 e. The molecular weight excluding hydrogens is 380 g/mol. The van der Waals surface area contributed by atoms with Crippen LogP contribution >= 0.6 is 11.6 Å².